The van der Waals surface area contributed by atoms with Gasteiger partial charge >= 0.3 is 0 Å². The Balaban J connectivity index is 2.56. The molecule has 4 nitrogen and oxygen atoms in total. The second-order valence-corrected chi connectivity index (χ2v) is 3.87. The third-order valence-electron chi connectivity index (χ3n) is 1.47. The molecule has 0 amide bonds. The SMILES string of the molecule is O=S(=O)(O)C1CCCCO1. The molecule has 0 bridgehead atoms. The highest BCUT2D eigenvalue weighted by atomic mass is 32.2. The molecule has 5 heteroatoms. The van der Waals surface area contributed by atoms with Gasteiger partial charge in [-0.3, -0.25) is 4.55 Å². The van der Waals surface area contributed by atoms with Gasteiger partial charge in [-0.2, -0.15) is 8.42 Å². The van der Waals surface area contributed by atoms with E-state index in [4.69, 9.17) is 9.29 Å². The molecular weight excluding hydrogens is 156 g/mol. The number of hydrogen-bond acceptors (Lipinski definition) is 3. The van der Waals surface area contributed by atoms with Gasteiger partial charge in [0.05, 0.1) is 0 Å². The first-order valence-electron chi connectivity index (χ1n) is 3.18. The Morgan fingerprint density at radius 3 is 2.40 bits per heavy atom. The summed E-state index contributed by atoms with van der Waals surface area (Å²) in [6.07, 6.45) is 2.11. The van der Waals surface area contributed by atoms with Crippen molar-refractivity contribution >= 4 is 10.1 Å². The predicted octanol–water partition coefficient (Wildman–Crippen LogP) is 0.401. The van der Waals surface area contributed by atoms with Gasteiger partial charge in [0.25, 0.3) is 10.1 Å². The van der Waals surface area contributed by atoms with Gasteiger partial charge in [0.2, 0.25) is 0 Å². The lowest BCUT2D eigenvalue weighted by atomic mass is 10.2. The smallest absolute Gasteiger partial charge is 0.292 e. The van der Waals surface area contributed by atoms with Crippen LogP contribution in [0.4, 0.5) is 0 Å². The van der Waals surface area contributed by atoms with Crippen LogP contribution >= 0.6 is 0 Å². The van der Waals surface area contributed by atoms with Crippen LogP contribution in [0.2, 0.25) is 0 Å². The van der Waals surface area contributed by atoms with E-state index in [1.165, 1.54) is 0 Å². The van der Waals surface area contributed by atoms with Crippen molar-refractivity contribution in [2.45, 2.75) is 24.7 Å². The van der Waals surface area contributed by atoms with Gasteiger partial charge in [-0.05, 0) is 19.3 Å². The first kappa shape index (κ1) is 7.97. The van der Waals surface area contributed by atoms with Crippen LogP contribution in [0.25, 0.3) is 0 Å². The van der Waals surface area contributed by atoms with Crippen LogP contribution < -0.4 is 0 Å². The summed E-state index contributed by atoms with van der Waals surface area (Å²) in [6, 6.07) is 0. The van der Waals surface area contributed by atoms with Gasteiger partial charge in [0.15, 0.2) is 5.44 Å². The summed E-state index contributed by atoms with van der Waals surface area (Å²) in [6.45, 7) is 0.435. The van der Waals surface area contributed by atoms with Gasteiger partial charge in [0.1, 0.15) is 0 Å². The molecule has 0 saturated carbocycles. The zero-order valence-electron chi connectivity index (χ0n) is 5.49. The van der Waals surface area contributed by atoms with Crippen molar-refractivity contribution in [2.24, 2.45) is 0 Å². The van der Waals surface area contributed by atoms with Crippen molar-refractivity contribution in [3.05, 3.63) is 0 Å². The maximum atomic E-state index is 10.4. The van der Waals surface area contributed by atoms with Crippen molar-refractivity contribution in [2.75, 3.05) is 6.61 Å². The van der Waals surface area contributed by atoms with Crippen LogP contribution in [-0.4, -0.2) is 25.0 Å². The predicted molar refractivity (Wildman–Crippen MR) is 35.1 cm³/mol. The van der Waals surface area contributed by atoms with Crippen LogP contribution in [0.15, 0.2) is 0 Å². The van der Waals surface area contributed by atoms with Gasteiger partial charge in [-0.25, -0.2) is 0 Å². The Morgan fingerprint density at radius 2 is 2.10 bits per heavy atom. The van der Waals surface area contributed by atoms with Crippen LogP contribution in [0.5, 0.6) is 0 Å². The molecule has 0 aromatic carbocycles. The monoisotopic (exact) mass is 166 g/mol. The first-order chi connectivity index (χ1) is 4.61. The lowest BCUT2D eigenvalue weighted by molar-refractivity contribution is 0.0607. The highest BCUT2D eigenvalue weighted by Crippen LogP contribution is 2.16. The van der Waals surface area contributed by atoms with E-state index in [1.54, 1.807) is 0 Å². The summed E-state index contributed by atoms with van der Waals surface area (Å²) in [5.41, 5.74) is -0.971. The van der Waals surface area contributed by atoms with E-state index in [2.05, 4.69) is 0 Å². The minimum Gasteiger partial charge on any atom is -0.360 e. The molecule has 0 aromatic heterocycles. The van der Waals surface area contributed by atoms with Crippen LogP contribution in [0.3, 0.4) is 0 Å². The molecule has 0 aliphatic carbocycles. The molecule has 0 radical (unpaired) electrons. The van der Waals surface area contributed by atoms with E-state index >= 15 is 0 Å². The molecule has 1 rings (SSSR count). The van der Waals surface area contributed by atoms with Crippen molar-refractivity contribution in [1.82, 2.24) is 0 Å². The molecule has 1 N–H and O–H groups in total. The number of ether oxygens (including phenoxy) is 1. The molecule has 0 spiro atoms. The Hall–Kier alpha value is -0.130. The van der Waals surface area contributed by atoms with Crippen LogP contribution in [-0.2, 0) is 14.9 Å². The van der Waals surface area contributed by atoms with E-state index in [1.807, 2.05) is 0 Å². The maximum Gasteiger partial charge on any atom is 0.292 e. The van der Waals surface area contributed by atoms with Gasteiger partial charge in [0, 0.05) is 6.61 Å². The van der Waals surface area contributed by atoms with Gasteiger partial charge in [-0.15, -0.1) is 0 Å². The van der Waals surface area contributed by atoms with Crippen molar-refractivity contribution in [3.8, 4) is 0 Å². The molecule has 10 heavy (non-hydrogen) atoms. The lowest BCUT2D eigenvalue weighted by Crippen LogP contribution is -2.27. The molecule has 1 aliphatic rings. The molecule has 1 unspecified atom stereocenters. The van der Waals surface area contributed by atoms with E-state index in [0.29, 0.717) is 13.0 Å². The molecule has 1 heterocycles. The molecule has 1 saturated heterocycles. The second-order valence-electron chi connectivity index (χ2n) is 2.31. The zero-order chi connectivity index (χ0) is 7.61. The summed E-state index contributed by atoms with van der Waals surface area (Å²) in [5.74, 6) is 0. The topological polar surface area (TPSA) is 63.6 Å². The fourth-order valence-corrected chi connectivity index (χ4v) is 1.68. The lowest BCUT2D eigenvalue weighted by Gasteiger charge is -2.19. The van der Waals surface area contributed by atoms with Crippen molar-refractivity contribution in [1.29, 1.82) is 0 Å². The molecule has 1 atom stereocenters. The van der Waals surface area contributed by atoms with Crippen molar-refractivity contribution < 1.29 is 17.7 Å². The van der Waals surface area contributed by atoms with Gasteiger partial charge < -0.3 is 4.74 Å². The first-order valence-corrected chi connectivity index (χ1v) is 4.69. The molecule has 1 fully saturated rings. The fraction of sp³-hybridized carbons (Fsp3) is 1.00. The summed E-state index contributed by atoms with van der Waals surface area (Å²) in [4.78, 5) is 0. The highest BCUT2D eigenvalue weighted by molar-refractivity contribution is 7.86. The highest BCUT2D eigenvalue weighted by Gasteiger charge is 2.25. The third kappa shape index (κ3) is 1.93. The summed E-state index contributed by atoms with van der Waals surface area (Å²) in [7, 11) is -3.95. The van der Waals surface area contributed by atoms with Gasteiger partial charge in [-0.1, -0.05) is 0 Å². The second kappa shape index (κ2) is 2.86. The average molecular weight is 166 g/mol. The zero-order valence-corrected chi connectivity index (χ0v) is 6.30. The molecule has 0 aromatic rings. The van der Waals surface area contributed by atoms with Crippen LogP contribution in [0, 0.1) is 0 Å². The van der Waals surface area contributed by atoms with E-state index in [-0.39, 0.29) is 0 Å². The quantitative estimate of drug-likeness (QED) is 0.573. The third-order valence-corrected chi connectivity index (χ3v) is 2.51. The Bertz CT molecular complexity index is 190. The average Bonchev–Trinajstić information content (AvgIpc) is 1.88. The number of hydrogen-bond donors (Lipinski definition) is 1. The molecule has 1 aliphatic heterocycles. The van der Waals surface area contributed by atoms with E-state index in [0.717, 1.165) is 12.8 Å². The molecule has 60 valence electrons. The molecular formula is C5H10O4S. The Labute approximate surface area is 59.9 Å². The largest absolute Gasteiger partial charge is 0.360 e. The Kier molecular flexibility index (Phi) is 2.28. The van der Waals surface area contributed by atoms with Crippen molar-refractivity contribution in [3.63, 3.8) is 0 Å². The summed E-state index contributed by atoms with van der Waals surface area (Å²) in [5, 5.41) is 0. The van der Waals surface area contributed by atoms with Crippen LogP contribution in [0.1, 0.15) is 19.3 Å². The summed E-state index contributed by atoms with van der Waals surface area (Å²) >= 11 is 0. The fourth-order valence-electron chi connectivity index (χ4n) is 0.946. The standard InChI is InChI=1S/C5H10O4S/c6-10(7,8)5-3-1-2-4-9-5/h5H,1-4H2,(H,6,7,8). The minimum absolute atomic E-state index is 0.416. The normalized spacial score (nSPS) is 28.3. The Morgan fingerprint density at radius 1 is 1.40 bits per heavy atom. The maximum absolute atomic E-state index is 10.4. The minimum atomic E-state index is -3.95. The number of rotatable bonds is 1. The van der Waals surface area contributed by atoms with E-state index < -0.39 is 15.6 Å². The van der Waals surface area contributed by atoms with E-state index in [9.17, 15) is 8.42 Å². The summed E-state index contributed by atoms with van der Waals surface area (Å²) < 4.78 is 34.1.